The molecule has 16 heavy (non-hydrogen) atoms. The molecule has 1 N–H and O–H groups in total. The predicted octanol–water partition coefficient (Wildman–Crippen LogP) is 1.94. The van der Waals surface area contributed by atoms with Gasteiger partial charge in [0.1, 0.15) is 0 Å². The van der Waals surface area contributed by atoms with Gasteiger partial charge in [-0.2, -0.15) is 0 Å². The number of H-pyrrole nitrogens is 1. The van der Waals surface area contributed by atoms with E-state index in [-0.39, 0.29) is 5.91 Å². The monoisotopic (exact) mass is 214 g/mol. The van der Waals surface area contributed by atoms with Crippen LogP contribution >= 0.6 is 0 Å². The second-order valence-electron chi connectivity index (χ2n) is 4.27. The van der Waals surface area contributed by atoms with Crippen molar-refractivity contribution in [3.05, 3.63) is 36.0 Å². The van der Waals surface area contributed by atoms with Gasteiger partial charge in [0.2, 0.25) is 5.91 Å². The van der Waals surface area contributed by atoms with Crippen LogP contribution in [0, 0.1) is 0 Å². The third kappa shape index (κ3) is 1.48. The Morgan fingerprint density at radius 2 is 2.12 bits per heavy atom. The number of carbonyl (C=O) groups is 1. The number of nitrogens with one attached hydrogen (secondary N) is 1. The Morgan fingerprint density at radius 3 is 2.88 bits per heavy atom. The van der Waals surface area contributed by atoms with Gasteiger partial charge in [0, 0.05) is 30.2 Å². The van der Waals surface area contributed by atoms with Crippen molar-refractivity contribution in [2.24, 2.45) is 0 Å². The van der Waals surface area contributed by atoms with E-state index in [1.807, 2.05) is 29.3 Å². The third-order valence-corrected chi connectivity index (χ3v) is 3.23. The fourth-order valence-electron chi connectivity index (χ4n) is 2.12. The van der Waals surface area contributed by atoms with Crippen LogP contribution in [0.4, 0.5) is 0 Å². The number of aromatic nitrogens is 1. The van der Waals surface area contributed by atoms with Crippen molar-refractivity contribution in [1.82, 2.24) is 9.88 Å². The lowest BCUT2D eigenvalue weighted by Gasteiger charge is -2.30. The Hall–Kier alpha value is -1.77. The molecule has 1 fully saturated rings. The molecule has 1 aliphatic heterocycles. The molecule has 2 aromatic rings. The molecular weight excluding hydrogens is 200 g/mol. The van der Waals surface area contributed by atoms with E-state index in [0.717, 1.165) is 36.0 Å². The highest BCUT2D eigenvalue weighted by atomic mass is 16.2. The van der Waals surface area contributed by atoms with Gasteiger partial charge < -0.3 is 9.88 Å². The summed E-state index contributed by atoms with van der Waals surface area (Å²) in [6.07, 6.45) is 3.62. The fourth-order valence-corrected chi connectivity index (χ4v) is 2.12. The molecule has 2 heterocycles. The van der Waals surface area contributed by atoms with E-state index in [1.54, 1.807) is 0 Å². The van der Waals surface area contributed by atoms with E-state index in [0.29, 0.717) is 6.42 Å². The SMILES string of the molecule is O=C(Cc1c[nH]c2ccccc12)N1CCC1. The molecule has 82 valence electrons. The van der Waals surface area contributed by atoms with Crippen molar-refractivity contribution >= 4 is 16.8 Å². The van der Waals surface area contributed by atoms with Gasteiger partial charge in [0.25, 0.3) is 0 Å². The summed E-state index contributed by atoms with van der Waals surface area (Å²) in [7, 11) is 0. The quantitative estimate of drug-likeness (QED) is 0.814. The first kappa shape index (κ1) is 9.46. The summed E-state index contributed by atoms with van der Waals surface area (Å²) in [5, 5.41) is 1.16. The van der Waals surface area contributed by atoms with Gasteiger partial charge in [-0.15, -0.1) is 0 Å². The molecule has 1 aromatic heterocycles. The second-order valence-corrected chi connectivity index (χ2v) is 4.27. The Bertz CT molecular complexity index is 525. The largest absolute Gasteiger partial charge is 0.361 e. The van der Waals surface area contributed by atoms with Gasteiger partial charge in [-0.25, -0.2) is 0 Å². The van der Waals surface area contributed by atoms with Crippen LogP contribution in [0.3, 0.4) is 0 Å². The zero-order valence-electron chi connectivity index (χ0n) is 9.07. The number of nitrogens with zero attached hydrogens (tertiary/aromatic N) is 1. The fraction of sp³-hybridized carbons (Fsp3) is 0.308. The van der Waals surface area contributed by atoms with Gasteiger partial charge in [-0.05, 0) is 18.1 Å². The number of para-hydroxylation sites is 1. The minimum Gasteiger partial charge on any atom is -0.361 e. The van der Waals surface area contributed by atoms with E-state index in [9.17, 15) is 4.79 Å². The molecule has 0 radical (unpaired) electrons. The number of hydrogen-bond acceptors (Lipinski definition) is 1. The Kier molecular flexibility index (Phi) is 2.17. The van der Waals surface area contributed by atoms with E-state index in [2.05, 4.69) is 11.1 Å². The van der Waals surface area contributed by atoms with Gasteiger partial charge in [0.15, 0.2) is 0 Å². The van der Waals surface area contributed by atoms with Crippen LogP contribution in [0.25, 0.3) is 10.9 Å². The molecule has 3 rings (SSSR count). The molecule has 1 aromatic carbocycles. The summed E-state index contributed by atoms with van der Waals surface area (Å²) in [5.74, 6) is 0.246. The van der Waals surface area contributed by atoms with Crippen molar-refractivity contribution in [3.8, 4) is 0 Å². The number of benzene rings is 1. The summed E-state index contributed by atoms with van der Waals surface area (Å²) in [6, 6.07) is 8.10. The average molecular weight is 214 g/mol. The van der Waals surface area contributed by atoms with E-state index in [1.165, 1.54) is 0 Å². The molecule has 0 aliphatic carbocycles. The normalized spacial score (nSPS) is 15.1. The zero-order valence-corrected chi connectivity index (χ0v) is 9.07. The maximum Gasteiger partial charge on any atom is 0.227 e. The van der Waals surface area contributed by atoms with Crippen molar-refractivity contribution in [1.29, 1.82) is 0 Å². The lowest BCUT2D eigenvalue weighted by Crippen LogP contribution is -2.42. The lowest BCUT2D eigenvalue weighted by atomic mass is 10.1. The standard InChI is InChI=1S/C13H14N2O/c16-13(15-6-3-7-15)8-10-9-14-12-5-2-1-4-11(10)12/h1-2,4-5,9,14H,3,6-8H2. The molecule has 3 nitrogen and oxygen atoms in total. The Labute approximate surface area is 94.1 Å². The van der Waals surface area contributed by atoms with Crippen molar-refractivity contribution in [3.63, 3.8) is 0 Å². The summed E-state index contributed by atoms with van der Waals surface area (Å²) in [5.41, 5.74) is 2.21. The predicted molar refractivity (Wildman–Crippen MR) is 63.2 cm³/mol. The van der Waals surface area contributed by atoms with Crippen LogP contribution in [0.2, 0.25) is 0 Å². The van der Waals surface area contributed by atoms with Crippen molar-refractivity contribution in [2.45, 2.75) is 12.8 Å². The van der Waals surface area contributed by atoms with Gasteiger partial charge in [0.05, 0.1) is 6.42 Å². The number of amides is 1. The zero-order chi connectivity index (χ0) is 11.0. The number of hydrogen-bond donors (Lipinski definition) is 1. The molecule has 0 atom stereocenters. The minimum atomic E-state index is 0.246. The van der Waals surface area contributed by atoms with Gasteiger partial charge in [-0.3, -0.25) is 4.79 Å². The summed E-state index contributed by atoms with van der Waals surface area (Å²) in [4.78, 5) is 17.0. The van der Waals surface area contributed by atoms with Crippen LogP contribution in [0.5, 0.6) is 0 Å². The highest BCUT2D eigenvalue weighted by molar-refractivity contribution is 5.89. The van der Waals surface area contributed by atoms with Crippen LogP contribution in [0.15, 0.2) is 30.5 Å². The number of carbonyl (C=O) groups excluding carboxylic acids is 1. The Morgan fingerprint density at radius 1 is 1.31 bits per heavy atom. The van der Waals surface area contributed by atoms with Crippen LogP contribution in [-0.4, -0.2) is 28.9 Å². The molecule has 1 amide bonds. The smallest absolute Gasteiger partial charge is 0.227 e. The van der Waals surface area contributed by atoms with Crippen LogP contribution in [0.1, 0.15) is 12.0 Å². The van der Waals surface area contributed by atoms with Crippen LogP contribution in [-0.2, 0) is 11.2 Å². The molecule has 1 saturated heterocycles. The number of aromatic amines is 1. The first-order valence-electron chi connectivity index (χ1n) is 5.67. The molecule has 0 bridgehead atoms. The van der Waals surface area contributed by atoms with Gasteiger partial charge >= 0.3 is 0 Å². The minimum absolute atomic E-state index is 0.246. The third-order valence-electron chi connectivity index (χ3n) is 3.23. The first-order valence-corrected chi connectivity index (χ1v) is 5.67. The van der Waals surface area contributed by atoms with E-state index >= 15 is 0 Å². The number of likely N-dealkylation sites (tertiary alicyclic amines) is 1. The lowest BCUT2D eigenvalue weighted by molar-refractivity contribution is -0.133. The van der Waals surface area contributed by atoms with Crippen LogP contribution < -0.4 is 0 Å². The summed E-state index contributed by atoms with van der Waals surface area (Å²) >= 11 is 0. The molecular formula is C13H14N2O. The van der Waals surface area contributed by atoms with E-state index in [4.69, 9.17) is 0 Å². The molecule has 0 unspecified atom stereocenters. The number of rotatable bonds is 2. The maximum absolute atomic E-state index is 11.8. The van der Waals surface area contributed by atoms with Crippen molar-refractivity contribution < 1.29 is 4.79 Å². The molecule has 0 spiro atoms. The van der Waals surface area contributed by atoms with Gasteiger partial charge in [-0.1, -0.05) is 18.2 Å². The molecule has 0 saturated carbocycles. The average Bonchev–Trinajstić information content (AvgIpc) is 2.59. The molecule has 1 aliphatic rings. The number of fused-ring (bicyclic) bond motifs is 1. The summed E-state index contributed by atoms with van der Waals surface area (Å²) in [6.45, 7) is 1.86. The highest BCUT2D eigenvalue weighted by Crippen LogP contribution is 2.19. The second kappa shape index (κ2) is 3.67. The maximum atomic E-state index is 11.8. The first-order chi connectivity index (χ1) is 7.84. The topological polar surface area (TPSA) is 36.1 Å². The summed E-state index contributed by atoms with van der Waals surface area (Å²) < 4.78 is 0. The molecule has 3 heteroatoms. The highest BCUT2D eigenvalue weighted by Gasteiger charge is 2.20. The van der Waals surface area contributed by atoms with E-state index < -0.39 is 0 Å². The Balaban J connectivity index is 1.86. The van der Waals surface area contributed by atoms with Crippen molar-refractivity contribution in [2.75, 3.05) is 13.1 Å².